The first-order valence-corrected chi connectivity index (χ1v) is 8.78. The summed E-state index contributed by atoms with van der Waals surface area (Å²) in [5, 5.41) is 6.09. The number of nitrogens with one attached hydrogen (secondary N) is 2. The standard InChI is InChI=1S/C19H17BrN2O2/c1-11-4-2-3-5-13(11)17-19(9-8-16(23)22-17)14-7-6-12(20)10-15(14)21-18(19)24/h2-7,10,17H,8-9H2,1H3,(H,21,24)(H,22,23)/t17-,19-/m1/s1. The van der Waals surface area contributed by atoms with Gasteiger partial charge in [0.25, 0.3) is 0 Å². The minimum absolute atomic E-state index is 0.00719. The van der Waals surface area contributed by atoms with Crippen LogP contribution in [0.15, 0.2) is 46.9 Å². The summed E-state index contributed by atoms with van der Waals surface area (Å²) < 4.78 is 0.922. The summed E-state index contributed by atoms with van der Waals surface area (Å²) in [5.41, 5.74) is 3.10. The van der Waals surface area contributed by atoms with Gasteiger partial charge in [-0.1, -0.05) is 46.3 Å². The molecule has 2 aliphatic heterocycles. The summed E-state index contributed by atoms with van der Waals surface area (Å²) in [7, 11) is 0. The SMILES string of the molecule is Cc1ccccc1[C@H]1NC(=O)CC[C@]12C(=O)Nc1cc(Br)ccc12. The number of carbonyl (C=O) groups is 2. The van der Waals surface area contributed by atoms with Crippen molar-refractivity contribution in [1.29, 1.82) is 0 Å². The Hall–Kier alpha value is -2.14. The van der Waals surface area contributed by atoms with E-state index in [0.717, 1.165) is 26.9 Å². The molecule has 0 saturated carbocycles. The third-order valence-corrected chi connectivity index (χ3v) is 5.65. The molecule has 2 aliphatic rings. The van der Waals surface area contributed by atoms with Gasteiger partial charge >= 0.3 is 0 Å². The van der Waals surface area contributed by atoms with Crippen LogP contribution < -0.4 is 10.6 Å². The maximum atomic E-state index is 13.0. The van der Waals surface area contributed by atoms with E-state index < -0.39 is 5.41 Å². The molecule has 122 valence electrons. The Morgan fingerprint density at radius 2 is 1.96 bits per heavy atom. The molecule has 24 heavy (non-hydrogen) atoms. The van der Waals surface area contributed by atoms with Gasteiger partial charge in [-0.05, 0) is 42.2 Å². The van der Waals surface area contributed by atoms with E-state index in [-0.39, 0.29) is 17.9 Å². The van der Waals surface area contributed by atoms with Crippen LogP contribution in [0.5, 0.6) is 0 Å². The van der Waals surface area contributed by atoms with Crippen molar-refractivity contribution in [2.45, 2.75) is 31.2 Å². The van der Waals surface area contributed by atoms with Gasteiger partial charge in [0.1, 0.15) is 5.41 Å². The molecule has 2 heterocycles. The Balaban J connectivity index is 1.93. The number of carbonyl (C=O) groups excluding carboxylic acids is 2. The average Bonchev–Trinajstić information content (AvgIpc) is 2.82. The smallest absolute Gasteiger partial charge is 0.237 e. The van der Waals surface area contributed by atoms with E-state index in [1.165, 1.54) is 0 Å². The zero-order chi connectivity index (χ0) is 16.9. The summed E-state index contributed by atoms with van der Waals surface area (Å²) in [6.07, 6.45) is 0.865. The number of hydrogen-bond donors (Lipinski definition) is 2. The zero-order valence-corrected chi connectivity index (χ0v) is 14.8. The van der Waals surface area contributed by atoms with E-state index in [9.17, 15) is 9.59 Å². The van der Waals surface area contributed by atoms with E-state index in [1.54, 1.807) is 0 Å². The van der Waals surface area contributed by atoms with Gasteiger partial charge in [-0.3, -0.25) is 9.59 Å². The molecule has 2 atom stereocenters. The number of aryl methyl sites for hydroxylation is 1. The van der Waals surface area contributed by atoms with Crippen LogP contribution in [0.3, 0.4) is 0 Å². The average molecular weight is 385 g/mol. The first-order valence-electron chi connectivity index (χ1n) is 7.99. The molecule has 0 bridgehead atoms. The fourth-order valence-corrected chi connectivity index (χ4v) is 4.33. The van der Waals surface area contributed by atoms with Gasteiger partial charge in [0.05, 0.1) is 6.04 Å². The molecule has 0 aliphatic carbocycles. The quantitative estimate of drug-likeness (QED) is 0.788. The second kappa shape index (κ2) is 5.45. The fraction of sp³-hybridized carbons (Fsp3) is 0.263. The molecule has 2 aromatic rings. The lowest BCUT2D eigenvalue weighted by Crippen LogP contribution is -2.52. The van der Waals surface area contributed by atoms with Crippen LogP contribution in [-0.2, 0) is 15.0 Å². The number of amides is 2. The highest BCUT2D eigenvalue weighted by molar-refractivity contribution is 9.10. The van der Waals surface area contributed by atoms with Crippen molar-refractivity contribution in [1.82, 2.24) is 5.32 Å². The molecule has 1 saturated heterocycles. The number of piperidine rings is 1. The first-order chi connectivity index (χ1) is 11.5. The summed E-state index contributed by atoms with van der Waals surface area (Å²) >= 11 is 3.46. The predicted octanol–water partition coefficient (Wildman–Crippen LogP) is 3.60. The van der Waals surface area contributed by atoms with Gasteiger partial charge < -0.3 is 10.6 Å². The Morgan fingerprint density at radius 1 is 1.17 bits per heavy atom. The third-order valence-electron chi connectivity index (χ3n) is 5.16. The van der Waals surface area contributed by atoms with Crippen LogP contribution in [0, 0.1) is 6.92 Å². The highest BCUT2D eigenvalue weighted by atomic mass is 79.9. The van der Waals surface area contributed by atoms with Crippen molar-refractivity contribution in [2.75, 3.05) is 5.32 Å². The van der Waals surface area contributed by atoms with Crippen LogP contribution >= 0.6 is 15.9 Å². The second-order valence-corrected chi connectivity index (χ2v) is 7.39. The van der Waals surface area contributed by atoms with Crippen molar-refractivity contribution >= 4 is 33.4 Å². The highest BCUT2D eigenvalue weighted by Crippen LogP contribution is 2.51. The van der Waals surface area contributed by atoms with Crippen molar-refractivity contribution in [3.05, 3.63) is 63.6 Å². The molecular weight excluding hydrogens is 368 g/mol. The van der Waals surface area contributed by atoms with E-state index in [4.69, 9.17) is 0 Å². The van der Waals surface area contributed by atoms with Crippen LogP contribution in [0.2, 0.25) is 0 Å². The van der Waals surface area contributed by atoms with Gasteiger partial charge in [0.15, 0.2) is 0 Å². The van der Waals surface area contributed by atoms with E-state index >= 15 is 0 Å². The minimum Gasteiger partial charge on any atom is -0.348 e. The molecule has 1 spiro atoms. The lowest BCUT2D eigenvalue weighted by molar-refractivity contribution is -0.130. The van der Waals surface area contributed by atoms with Crippen LogP contribution in [0.4, 0.5) is 5.69 Å². The number of benzene rings is 2. The minimum atomic E-state index is -0.754. The summed E-state index contributed by atoms with van der Waals surface area (Å²) in [5.74, 6) is -0.0453. The first kappa shape index (κ1) is 15.4. The molecular formula is C19H17BrN2O2. The summed E-state index contributed by atoms with van der Waals surface area (Å²) in [6, 6.07) is 13.4. The largest absolute Gasteiger partial charge is 0.348 e. The molecule has 1 fully saturated rings. The number of rotatable bonds is 1. The maximum Gasteiger partial charge on any atom is 0.237 e. The number of anilines is 1. The Morgan fingerprint density at radius 3 is 2.75 bits per heavy atom. The van der Waals surface area contributed by atoms with E-state index in [1.807, 2.05) is 49.4 Å². The lowest BCUT2D eigenvalue weighted by atomic mass is 9.67. The summed E-state index contributed by atoms with van der Waals surface area (Å²) in [4.78, 5) is 25.2. The van der Waals surface area contributed by atoms with E-state index in [2.05, 4.69) is 26.6 Å². The third kappa shape index (κ3) is 2.11. The molecule has 0 unspecified atom stereocenters. The number of fused-ring (bicyclic) bond motifs is 2. The van der Waals surface area contributed by atoms with Gasteiger partial charge in [0, 0.05) is 16.6 Å². The van der Waals surface area contributed by atoms with Crippen molar-refractivity contribution in [2.24, 2.45) is 0 Å². The predicted molar refractivity (Wildman–Crippen MR) is 95.7 cm³/mol. The topological polar surface area (TPSA) is 58.2 Å². The molecule has 2 amide bonds. The number of hydrogen-bond acceptors (Lipinski definition) is 2. The van der Waals surface area contributed by atoms with Crippen molar-refractivity contribution in [3.63, 3.8) is 0 Å². The van der Waals surface area contributed by atoms with Crippen LogP contribution in [0.1, 0.15) is 35.6 Å². The molecule has 0 radical (unpaired) electrons. The van der Waals surface area contributed by atoms with Crippen LogP contribution in [-0.4, -0.2) is 11.8 Å². The molecule has 4 rings (SSSR count). The van der Waals surface area contributed by atoms with Crippen molar-refractivity contribution in [3.8, 4) is 0 Å². The molecule has 0 aromatic heterocycles. The Labute approximate surface area is 148 Å². The molecule has 4 nitrogen and oxygen atoms in total. The van der Waals surface area contributed by atoms with Gasteiger partial charge in [0.2, 0.25) is 11.8 Å². The summed E-state index contributed by atoms with van der Waals surface area (Å²) in [6.45, 7) is 2.01. The zero-order valence-electron chi connectivity index (χ0n) is 13.2. The van der Waals surface area contributed by atoms with Gasteiger partial charge in [-0.2, -0.15) is 0 Å². The van der Waals surface area contributed by atoms with Gasteiger partial charge in [-0.25, -0.2) is 0 Å². The molecule has 5 heteroatoms. The van der Waals surface area contributed by atoms with Crippen LogP contribution in [0.25, 0.3) is 0 Å². The fourth-order valence-electron chi connectivity index (χ4n) is 3.97. The lowest BCUT2D eigenvalue weighted by Gasteiger charge is -2.41. The second-order valence-electron chi connectivity index (χ2n) is 6.47. The number of halogens is 1. The molecule has 2 N–H and O–H groups in total. The Kier molecular flexibility index (Phi) is 3.49. The normalized spacial score (nSPS) is 25.3. The van der Waals surface area contributed by atoms with Gasteiger partial charge in [-0.15, -0.1) is 0 Å². The Bertz CT molecular complexity index is 864. The highest BCUT2D eigenvalue weighted by Gasteiger charge is 2.55. The van der Waals surface area contributed by atoms with Crippen molar-refractivity contribution < 1.29 is 9.59 Å². The van der Waals surface area contributed by atoms with E-state index in [0.29, 0.717) is 12.8 Å². The maximum absolute atomic E-state index is 13.0. The monoisotopic (exact) mass is 384 g/mol. The molecule has 2 aromatic carbocycles.